The molecule has 0 spiro atoms. The Morgan fingerprint density at radius 1 is 0.641 bits per heavy atom. The van der Waals surface area contributed by atoms with E-state index >= 15 is 0 Å². The fourth-order valence-electron chi connectivity index (χ4n) is 7.60. The van der Waals surface area contributed by atoms with Crippen LogP contribution in [0.15, 0.2) is 107 Å². The second-order valence-electron chi connectivity index (χ2n) is 16.0. The standard InChI is InChI=1S/C25H29N3O4S.C23H24N2O5S/c1-5-33(30,31)19-8-6-7-17(12-19)20-9-10-22(32-15-18(29)14-28(3)4)24-23(20)21-11-16(2)13-26-25(21)27-24;1-3-31(28,29)17-6-4-5-15(10-17)18-7-8-20(30-13-16(27)12-26)22-21(18)19-9-14(2)11-24-23(19)25-22/h6-13,18,29H,5,14-15H2,1-4H3,(H,26,27);4-11,16,26-27H,3,12-13H2,1-2H3,(H,24,25)/t18-;16-/m11/s1. The van der Waals surface area contributed by atoms with E-state index < -0.39 is 38.5 Å². The van der Waals surface area contributed by atoms with E-state index in [4.69, 9.17) is 14.6 Å². The Morgan fingerprint density at radius 2 is 1.08 bits per heavy atom. The van der Waals surface area contributed by atoms with E-state index in [1.54, 1.807) is 68.7 Å². The third-order valence-electron chi connectivity index (χ3n) is 10.8. The van der Waals surface area contributed by atoms with Gasteiger partial charge in [-0.3, -0.25) is 0 Å². The number of aromatic nitrogens is 4. The van der Waals surface area contributed by atoms with Gasteiger partial charge in [0, 0.05) is 40.5 Å². The number of hydrogen-bond acceptors (Lipinski definition) is 12. The van der Waals surface area contributed by atoms with Crippen LogP contribution in [0.1, 0.15) is 25.0 Å². The van der Waals surface area contributed by atoms with Gasteiger partial charge in [0.25, 0.3) is 0 Å². The van der Waals surface area contributed by atoms with Crippen LogP contribution in [0.2, 0.25) is 0 Å². The number of rotatable bonds is 15. The molecule has 64 heavy (non-hydrogen) atoms. The quantitative estimate of drug-likeness (QED) is 0.0705. The molecule has 0 saturated carbocycles. The van der Waals surface area contributed by atoms with Gasteiger partial charge in [-0.25, -0.2) is 26.8 Å². The highest BCUT2D eigenvalue weighted by atomic mass is 32.2. The zero-order chi connectivity index (χ0) is 45.9. The number of benzene rings is 4. The van der Waals surface area contributed by atoms with E-state index in [0.717, 1.165) is 66.1 Å². The molecule has 4 aromatic carbocycles. The van der Waals surface area contributed by atoms with Crippen LogP contribution in [-0.2, 0) is 19.7 Å². The molecule has 0 radical (unpaired) electrons. The van der Waals surface area contributed by atoms with Gasteiger partial charge in [-0.2, -0.15) is 0 Å². The number of aromatic amines is 2. The zero-order valence-corrected chi connectivity index (χ0v) is 38.2. The Bertz CT molecular complexity index is 3200. The molecule has 16 heteroatoms. The first-order valence-corrected chi connectivity index (χ1v) is 24.2. The number of pyridine rings is 2. The Kier molecular flexibility index (Phi) is 13.7. The van der Waals surface area contributed by atoms with E-state index in [-0.39, 0.29) is 29.6 Å². The van der Waals surface area contributed by atoms with Gasteiger partial charge < -0.3 is 39.7 Å². The van der Waals surface area contributed by atoms with Gasteiger partial charge in [0.05, 0.1) is 38.9 Å². The summed E-state index contributed by atoms with van der Waals surface area (Å²) in [5.41, 5.74) is 8.17. The Labute approximate surface area is 372 Å². The normalized spacial score (nSPS) is 13.1. The number of likely N-dealkylation sites (N-methyl/N-ethyl adjacent to an activating group) is 1. The van der Waals surface area contributed by atoms with Crippen LogP contribution in [0.3, 0.4) is 0 Å². The average Bonchev–Trinajstić information content (AvgIpc) is 3.86. The summed E-state index contributed by atoms with van der Waals surface area (Å²) in [6, 6.07) is 25.4. The lowest BCUT2D eigenvalue weighted by Gasteiger charge is -2.17. The van der Waals surface area contributed by atoms with Crippen molar-refractivity contribution in [2.75, 3.05) is 52.0 Å². The van der Waals surface area contributed by atoms with Crippen LogP contribution in [-0.4, -0.2) is 121 Å². The number of nitrogens with zero attached hydrogens (tertiary/aromatic N) is 3. The zero-order valence-electron chi connectivity index (χ0n) is 36.6. The lowest BCUT2D eigenvalue weighted by molar-refractivity contribution is 0.0540. The van der Waals surface area contributed by atoms with Crippen LogP contribution >= 0.6 is 0 Å². The van der Waals surface area contributed by atoms with E-state index in [9.17, 15) is 27.0 Å². The van der Waals surface area contributed by atoms with Crippen molar-refractivity contribution in [1.82, 2.24) is 24.8 Å². The maximum absolute atomic E-state index is 12.5. The van der Waals surface area contributed by atoms with Gasteiger partial charge in [0.2, 0.25) is 0 Å². The first-order valence-electron chi connectivity index (χ1n) is 20.9. The highest BCUT2D eigenvalue weighted by Gasteiger charge is 2.21. The van der Waals surface area contributed by atoms with Gasteiger partial charge in [-0.15, -0.1) is 0 Å². The second kappa shape index (κ2) is 19.1. The minimum absolute atomic E-state index is 0.0298. The highest BCUT2D eigenvalue weighted by Crippen LogP contribution is 2.41. The lowest BCUT2D eigenvalue weighted by Crippen LogP contribution is -2.30. The monoisotopic (exact) mass is 907 g/mol. The molecule has 4 aromatic heterocycles. The summed E-state index contributed by atoms with van der Waals surface area (Å²) in [4.78, 5) is 18.1. The molecule has 14 nitrogen and oxygen atoms in total. The lowest BCUT2D eigenvalue weighted by atomic mass is 9.99. The molecule has 8 rings (SSSR count). The Hall–Kier alpha value is -5.88. The van der Waals surface area contributed by atoms with Crippen LogP contribution in [0.4, 0.5) is 0 Å². The number of aliphatic hydroxyl groups excluding tert-OH is 3. The van der Waals surface area contributed by atoms with Gasteiger partial charge in [0.15, 0.2) is 19.7 Å². The molecule has 0 saturated heterocycles. The number of nitrogens with one attached hydrogen (secondary N) is 2. The molecule has 0 bridgehead atoms. The average molecular weight is 908 g/mol. The molecule has 0 aliphatic rings. The second-order valence-corrected chi connectivity index (χ2v) is 20.6. The van der Waals surface area contributed by atoms with Gasteiger partial charge in [-0.1, -0.05) is 38.1 Å². The molecule has 0 amide bonds. The predicted octanol–water partition coefficient (Wildman–Crippen LogP) is 7.00. The summed E-state index contributed by atoms with van der Waals surface area (Å²) in [5.74, 6) is 1.20. The van der Waals surface area contributed by atoms with Crippen molar-refractivity contribution in [3.63, 3.8) is 0 Å². The van der Waals surface area contributed by atoms with E-state index in [1.165, 1.54) is 0 Å². The molecule has 0 unspecified atom stereocenters. The number of H-pyrrole nitrogens is 2. The van der Waals surface area contributed by atoms with Crippen molar-refractivity contribution < 1.29 is 41.6 Å². The fraction of sp³-hybridized carbons (Fsp3) is 0.292. The predicted molar refractivity (Wildman–Crippen MR) is 252 cm³/mol. The smallest absolute Gasteiger partial charge is 0.178 e. The summed E-state index contributed by atoms with van der Waals surface area (Å²) >= 11 is 0. The van der Waals surface area contributed by atoms with Crippen molar-refractivity contribution in [3.8, 4) is 33.8 Å². The van der Waals surface area contributed by atoms with E-state index in [1.807, 2.05) is 69.2 Å². The first kappa shape index (κ1) is 46.1. The van der Waals surface area contributed by atoms with Crippen molar-refractivity contribution >= 4 is 63.5 Å². The molecular weight excluding hydrogens is 855 g/mol. The topological polar surface area (TPSA) is 208 Å². The van der Waals surface area contributed by atoms with E-state index in [2.05, 4.69) is 26.0 Å². The maximum Gasteiger partial charge on any atom is 0.178 e. The van der Waals surface area contributed by atoms with Crippen LogP contribution < -0.4 is 9.47 Å². The maximum atomic E-state index is 12.5. The van der Waals surface area contributed by atoms with Crippen LogP contribution in [0.5, 0.6) is 11.5 Å². The van der Waals surface area contributed by atoms with Crippen molar-refractivity contribution in [2.24, 2.45) is 0 Å². The van der Waals surface area contributed by atoms with Crippen LogP contribution in [0, 0.1) is 13.8 Å². The molecule has 0 fully saturated rings. The molecule has 4 heterocycles. The van der Waals surface area contributed by atoms with Gasteiger partial charge >= 0.3 is 0 Å². The number of ether oxygens (including phenoxy) is 2. The molecule has 0 aliphatic carbocycles. The summed E-state index contributed by atoms with van der Waals surface area (Å²) < 4.78 is 61.5. The SMILES string of the molecule is CCS(=O)(=O)c1cccc(-c2ccc(OC[C@H](O)CN(C)C)c3[nH]c4ncc(C)cc4c23)c1.CCS(=O)(=O)c1cccc(-c2ccc(OC[C@H](O)CO)c3[nH]c4ncc(C)cc4c23)c1. The highest BCUT2D eigenvalue weighted by molar-refractivity contribution is 7.91. The third-order valence-corrected chi connectivity index (χ3v) is 14.3. The molecular formula is C48H53N5O9S2. The molecule has 336 valence electrons. The molecule has 8 aromatic rings. The third kappa shape index (κ3) is 9.77. The Morgan fingerprint density at radius 3 is 1.48 bits per heavy atom. The van der Waals surface area contributed by atoms with Crippen molar-refractivity contribution in [3.05, 3.63) is 108 Å². The summed E-state index contributed by atoms with van der Waals surface area (Å²) in [6.07, 6.45) is 1.94. The minimum atomic E-state index is -3.34. The fourth-order valence-corrected chi connectivity index (χ4v) is 9.45. The molecule has 0 aliphatic heterocycles. The largest absolute Gasteiger partial charge is 0.489 e. The number of hydrogen-bond donors (Lipinski definition) is 5. The Balaban J connectivity index is 0.000000192. The summed E-state index contributed by atoms with van der Waals surface area (Å²) in [5, 5.41) is 32.6. The number of aryl methyl sites for hydroxylation is 2. The minimum Gasteiger partial charge on any atom is -0.489 e. The van der Waals surface area contributed by atoms with Gasteiger partial charge in [0.1, 0.15) is 48.2 Å². The number of sulfone groups is 2. The summed E-state index contributed by atoms with van der Waals surface area (Å²) in [7, 11) is -2.88. The van der Waals surface area contributed by atoms with Crippen LogP contribution in [0.25, 0.3) is 66.1 Å². The molecule has 5 N–H and O–H groups in total. The van der Waals surface area contributed by atoms with Crippen molar-refractivity contribution in [2.45, 2.75) is 49.7 Å². The number of aliphatic hydroxyl groups is 3. The van der Waals surface area contributed by atoms with Crippen molar-refractivity contribution in [1.29, 1.82) is 0 Å². The molecule has 2 atom stereocenters. The van der Waals surface area contributed by atoms with E-state index in [0.29, 0.717) is 34.1 Å². The first-order chi connectivity index (χ1) is 30.5. The number of fused-ring (bicyclic) bond motifs is 6. The van der Waals surface area contributed by atoms with Gasteiger partial charge in [-0.05, 0) is 122 Å². The summed E-state index contributed by atoms with van der Waals surface area (Å²) in [6.45, 7) is 7.40.